The van der Waals surface area contributed by atoms with Crippen LogP contribution in [0.3, 0.4) is 0 Å². The first-order chi connectivity index (χ1) is 10.6. The zero-order valence-electron chi connectivity index (χ0n) is 12.4. The second-order valence-electron chi connectivity index (χ2n) is 5.32. The van der Waals surface area contributed by atoms with Crippen LogP contribution in [-0.2, 0) is 0 Å². The minimum Gasteiger partial charge on any atom is -0.265 e. The molecule has 2 aromatic carbocycles. The van der Waals surface area contributed by atoms with E-state index in [0.717, 1.165) is 16.8 Å². The van der Waals surface area contributed by atoms with Gasteiger partial charge >= 0.3 is 0 Å². The van der Waals surface area contributed by atoms with E-state index in [1.54, 1.807) is 0 Å². The van der Waals surface area contributed by atoms with Crippen molar-refractivity contribution in [1.82, 2.24) is 9.78 Å². The van der Waals surface area contributed by atoms with Gasteiger partial charge in [-0.1, -0.05) is 59.6 Å². The van der Waals surface area contributed by atoms with Crippen LogP contribution < -0.4 is 0 Å². The summed E-state index contributed by atoms with van der Waals surface area (Å²) in [4.78, 5) is 0. The predicted octanol–water partition coefficient (Wildman–Crippen LogP) is 5.77. The predicted molar refractivity (Wildman–Crippen MR) is 92.7 cm³/mol. The maximum atomic E-state index is 6.12. The van der Waals surface area contributed by atoms with Gasteiger partial charge in [0.05, 0.1) is 21.8 Å². The minimum atomic E-state index is 0.0888. The Morgan fingerprint density at radius 1 is 1.00 bits per heavy atom. The number of rotatable bonds is 3. The van der Waals surface area contributed by atoms with Gasteiger partial charge in [-0.15, -0.1) is 0 Å². The van der Waals surface area contributed by atoms with Crippen molar-refractivity contribution in [3.05, 3.63) is 76.0 Å². The summed E-state index contributed by atoms with van der Waals surface area (Å²) in [5.74, 6) is 0. The summed E-state index contributed by atoms with van der Waals surface area (Å²) in [5, 5.41) is 5.79. The van der Waals surface area contributed by atoms with Crippen LogP contribution in [0.15, 0.2) is 54.7 Å². The first-order valence-corrected chi connectivity index (χ1v) is 7.88. The zero-order chi connectivity index (χ0) is 15.7. The molecule has 0 aliphatic heterocycles. The summed E-state index contributed by atoms with van der Waals surface area (Å²) >= 11 is 12.1. The lowest BCUT2D eigenvalue weighted by Gasteiger charge is -2.13. The van der Waals surface area contributed by atoms with E-state index in [1.165, 1.54) is 5.56 Å². The standard InChI is InChI=1S/C18H16Cl2N2/c1-12-16(14-6-4-3-5-7-14)11-22(21-12)13(2)15-8-9-17(19)18(20)10-15/h3-11,13H,1-2H3. The fraction of sp³-hybridized carbons (Fsp3) is 0.167. The van der Waals surface area contributed by atoms with Crippen LogP contribution in [0.4, 0.5) is 0 Å². The van der Waals surface area contributed by atoms with Crippen molar-refractivity contribution in [2.24, 2.45) is 0 Å². The van der Waals surface area contributed by atoms with Crippen LogP contribution >= 0.6 is 23.2 Å². The SMILES string of the molecule is Cc1nn(C(C)c2ccc(Cl)c(Cl)c2)cc1-c1ccccc1. The fourth-order valence-electron chi connectivity index (χ4n) is 2.51. The Balaban J connectivity index is 1.97. The molecule has 0 amide bonds. The molecule has 0 aliphatic carbocycles. The Kier molecular flexibility index (Phi) is 4.23. The maximum Gasteiger partial charge on any atom is 0.0741 e. The van der Waals surface area contributed by atoms with Gasteiger partial charge in [-0.2, -0.15) is 5.10 Å². The highest BCUT2D eigenvalue weighted by Gasteiger charge is 2.14. The molecular formula is C18H16Cl2N2. The van der Waals surface area contributed by atoms with Gasteiger partial charge in [-0.05, 0) is 37.1 Å². The Morgan fingerprint density at radius 2 is 1.73 bits per heavy atom. The number of benzene rings is 2. The molecule has 0 fully saturated rings. The second kappa shape index (κ2) is 6.15. The molecule has 0 N–H and O–H groups in total. The Hall–Kier alpha value is -1.77. The molecule has 3 rings (SSSR count). The van der Waals surface area contributed by atoms with Gasteiger partial charge in [0.25, 0.3) is 0 Å². The zero-order valence-corrected chi connectivity index (χ0v) is 13.9. The molecule has 112 valence electrons. The number of hydrogen-bond acceptors (Lipinski definition) is 1. The van der Waals surface area contributed by atoms with Gasteiger partial charge in [0.2, 0.25) is 0 Å². The third-order valence-corrected chi connectivity index (χ3v) is 4.56. The maximum absolute atomic E-state index is 6.12. The van der Waals surface area contributed by atoms with Gasteiger partial charge in [-0.25, -0.2) is 0 Å². The molecule has 0 spiro atoms. The summed E-state index contributed by atoms with van der Waals surface area (Å²) in [5.41, 5.74) is 4.41. The van der Waals surface area contributed by atoms with Gasteiger partial charge in [0.15, 0.2) is 0 Å². The highest BCUT2D eigenvalue weighted by atomic mass is 35.5. The van der Waals surface area contributed by atoms with Crippen LogP contribution in [-0.4, -0.2) is 9.78 Å². The van der Waals surface area contributed by atoms with E-state index < -0.39 is 0 Å². The van der Waals surface area contributed by atoms with E-state index in [4.69, 9.17) is 23.2 Å². The molecule has 4 heteroatoms. The Bertz CT molecular complexity index is 794. The number of halogens is 2. The van der Waals surface area contributed by atoms with Gasteiger partial charge in [-0.3, -0.25) is 4.68 Å². The van der Waals surface area contributed by atoms with Gasteiger partial charge < -0.3 is 0 Å². The Morgan fingerprint density at radius 3 is 2.41 bits per heavy atom. The van der Waals surface area contributed by atoms with E-state index >= 15 is 0 Å². The van der Waals surface area contributed by atoms with E-state index in [-0.39, 0.29) is 6.04 Å². The van der Waals surface area contributed by atoms with Crippen LogP contribution in [0, 0.1) is 6.92 Å². The summed E-state index contributed by atoms with van der Waals surface area (Å²) < 4.78 is 1.97. The van der Waals surface area contributed by atoms with Crippen LogP contribution in [0.25, 0.3) is 11.1 Å². The summed E-state index contributed by atoms with van der Waals surface area (Å²) in [6, 6.07) is 16.1. The lowest BCUT2D eigenvalue weighted by Crippen LogP contribution is -2.07. The molecule has 22 heavy (non-hydrogen) atoms. The van der Waals surface area contributed by atoms with E-state index in [1.807, 2.05) is 48.0 Å². The van der Waals surface area contributed by atoms with Crippen molar-refractivity contribution in [1.29, 1.82) is 0 Å². The lowest BCUT2D eigenvalue weighted by atomic mass is 10.1. The normalized spacial score (nSPS) is 12.4. The molecule has 0 aliphatic rings. The monoisotopic (exact) mass is 330 g/mol. The second-order valence-corrected chi connectivity index (χ2v) is 6.14. The summed E-state index contributed by atoms with van der Waals surface area (Å²) in [7, 11) is 0. The number of nitrogens with zero attached hydrogens (tertiary/aromatic N) is 2. The quantitative estimate of drug-likeness (QED) is 0.595. The molecule has 1 aromatic heterocycles. The van der Waals surface area contributed by atoms with E-state index in [0.29, 0.717) is 10.0 Å². The summed E-state index contributed by atoms with van der Waals surface area (Å²) in [6.07, 6.45) is 2.08. The van der Waals surface area contributed by atoms with Crippen molar-refractivity contribution in [3.63, 3.8) is 0 Å². The van der Waals surface area contributed by atoms with Gasteiger partial charge in [0.1, 0.15) is 0 Å². The molecule has 1 atom stereocenters. The lowest BCUT2D eigenvalue weighted by molar-refractivity contribution is 0.561. The number of aryl methyl sites for hydroxylation is 1. The highest BCUT2D eigenvalue weighted by Crippen LogP contribution is 2.29. The topological polar surface area (TPSA) is 17.8 Å². The third-order valence-electron chi connectivity index (χ3n) is 3.82. The molecule has 2 nitrogen and oxygen atoms in total. The van der Waals surface area contributed by atoms with Crippen molar-refractivity contribution < 1.29 is 0 Å². The fourth-order valence-corrected chi connectivity index (χ4v) is 2.81. The Labute approximate surface area is 140 Å². The summed E-state index contributed by atoms with van der Waals surface area (Å²) in [6.45, 7) is 4.13. The van der Waals surface area contributed by atoms with Crippen molar-refractivity contribution in [3.8, 4) is 11.1 Å². The molecule has 0 saturated carbocycles. The molecule has 0 saturated heterocycles. The molecule has 0 radical (unpaired) electrons. The third kappa shape index (κ3) is 2.90. The molecule has 3 aromatic rings. The minimum absolute atomic E-state index is 0.0888. The van der Waals surface area contributed by atoms with Crippen molar-refractivity contribution in [2.75, 3.05) is 0 Å². The van der Waals surface area contributed by atoms with Crippen molar-refractivity contribution in [2.45, 2.75) is 19.9 Å². The van der Waals surface area contributed by atoms with Crippen LogP contribution in [0.1, 0.15) is 24.2 Å². The molecule has 0 bridgehead atoms. The average molecular weight is 331 g/mol. The first-order valence-electron chi connectivity index (χ1n) is 7.12. The first kappa shape index (κ1) is 15.1. The number of hydrogen-bond donors (Lipinski definition) is 0. The highest BCUT2D eigenvalue weighted by molar-refractivity contribution is 6.42. The average Bonchev–Trinajstić information content (AvgIpc) is 2.92. The molecule has 1 unspecified atom stereocenters. The number of aromatic nitrogens is 2. The largest absolute Gasteiger partial charge is 0.265 e. The van der Waals surface area contributed by atoms with E-state index in [2.05, 4.69) is 30.4 Å². The molecular weight excluding hydrogens is 315 g/mol. The van der Waals surface area contributed by atoms with Crippen LogP contribution in [0.2, 0.25) is 10.0 Å². The van der Waals surface area contributed by atoms with Gasteiger partial charge in [0, 0.05) is 11.8 Å². The van der Waals surface area contributed by atoms with Crippen LogP contribution in [0.5, 0.6) is 0 Å². The molecule has 1 heterocycles. The smallest absolute Gasteiger partial charge is 0.0741 e. The van der Waals surface area contributed by atoms with E-state index in [9.17, 15) is 0 Å². The van der Waals surface area contributed by atoms with Crippen molar-refractivity contribution >= 4 is 23.2 Å².